The van der Waals surface area contributed by atoms with E-state index in [4.69, 9.17) is 4.42 Å². The summed E-state index contributed by atoms with van der Waals surface area (Å²) in [6, 6.07) is 0.577. The van der Waals surface area contributed by atoms with Crippen LogP contribution in [0.2, 0.25) is 0 Å². The van der Waals surface area contributed by atoms with Crippen molar-refractivity contribution in [3.63, 3.8) is 0 Å². The molecule has 12 heteroatoms. The number of aromatic nitrogens is 3. The maximum absolute atomic E-state index is 13.7. The van der Waals surface area contributed by atoms with Gasteiger partial charge in [-0.2, -0.15) is 0 Å². The molecule has 138 valence electrons. The quantitative estimate of drug-likeness (QED) is 0.687. The van der Waals surface area contributed by atoms with Gasteiger partial charge in [0.05, 0.1) is 11.9 Å². The molecule has 0 saturated carbocycles. The first-order valence-electron chi connectivity index (χ1n) is 6.85. The fourth-order valence-corrected chi connectivity index (χ4v) is 2.15. The predicted octanol–water partition coefficient (Wildman–Crippen LogP) is 3.44. The standard InChI is InChI=1S/C14H7F6N3O3/c15-5-1-4(11-9(8(5)18)23-14(24)26-11)6-2-21-13(25-3-7(16)17)10(22-6)12(19)20/h1-2,7,12H,3H2,(H,23,24). The summed E-state index contributed by atoms with van der Waals surface area (Å²) in [4.78, 5) is 20.1. The average molecular weight is 379 g/mol. The summed E-state index contributed by atoms with van der Waals surface area (Å²) in [7, 11) is 0. The first kappa shape index (κ1) is 17.8. The van der Waals surface area contributed by atoms with Crippen LogP contribution in [0.25, 0.3) is 22.4 Å². The lowest BCUT2D eigenvalue weighted by Gasteiger charge is -2.11. The highest BCUT2D eigenvalue weighted by Crippen LogP contribution is 2.32. The Balaban J connectivity index is 2.16. The number of nitrogens with zero attached hydrogens (tertiary/aromatic N) is 2. The number of halogens is 6. The largest absolute Gasteiger partial charge is 0.470 e. The third-order valence-electron chi connectivity index (χ3n) is 3.19. The van der Waals surface area contributed by atoms with Crippen molar-refractivity contribution in [2.75, 3.05) is 6.61 Å². The number of hydrogen-bond donors (Lipinski definition) is 1. The van der Waals surface area contributed by atoms with E-state index in [1.54, 1.807) is 0 Å². The minimum Gasteiger partial charge on any atom is -0.470 e. The molecule has 1 aromatic carbocycles. The van der Waals surface area contributed by atoms with Crippen molar-refractivity contribution < 1.29 is 35.5 Å². The number of alkyl halides is 4. The molecule has 0 atom stereocenters. The summed E-state index contributed by atoms with van der Waals surface area (Å²) >= 11 is 0. The van der Waals surface area contributed by atoms with Crippen LogP contribution in [-0.2, 0) is 0 Å². The van der Waals surface area contributed by atoms with Gasteiger partial charge in [-0.1, -0.05) is 0 Å². The number of aromatic amines is 1. The van der Waals surface area contributed by atoms with Crippen LogP contribution in [0.5, 0.6) is 5.88 Å². The molecule has 0 spiro atoms. The number of fused-ring (bicyclic) bond motifs is 1. The highest BCUT2D eigenvalue weighted by Gasteiger charge is 2.24. The number of benzene rings is 1. The molecule has 0 radical (unpaired) electrons. The molecule has 0 aliphatic heterocycles. The van der Waals surface area contributed by atoms with Crippen molar-refractivity contribution in [2.45, 2.75) is 12.9 Å². The highest BCUT2D eigenvalue weighted by molar-refractivity contribution is 5.89. The van der Waals surface area contributed by atoms with Crippen LogP contribution in [0.3, 0.4) is 0 Å². The number of H-pyrrole nitrogens is 1. The molecule has 0 fully saturated rings. The van der Waals surface area contributed by atoms with Crippen molar-refractivity contribution in [1.82, 2.24) is 15.0 Å². The van der Waals surface area contributed by atoms with E-state index in [-0.39, 0.29) is 5.56 Å². The maximum Gasteiger partial charge on any atom is 0.417 e. The van der Waals surface area contributed by atoms with Crippen molar-refractivity contribution in [3.05, 3.63) is 40.1 Å². The van der Waals surface area contributed by atoms with Gasteiger partial charge in [0.15, 0.2) is 29.5 Å². The Morgan fingerprint density at radius 2 is 1.96 bits per heavy atom. The number of ether oxygens (including phenoxy) is 1. The van der Waals surface area contributed by atoms with Gasteiger partial charge in [-0.15, -0.1) is 0 Å². The van der Waals surface area contributed by atoms with E-state index in [2.05, 4.69) is 14.7 Å². The minimum absolute atomic E-state index is 0.341. The second kappa shape index (κ2) is 6.69. The van der Waals surface area contributed by atoms with Gasteiger partial charge in [-0.25, -0.2) is 41.1 Å². The lowest BCUT2D eigenvalue weighted by atomic mass is 10.1. The SMILES string of the molecule is O=c1[nH]c2c(F)c(F)cc(-c3cnc(OCC(F)F)c(C(F)F)n3)c2o1. The molecule has 3 rings (SSSR count). The van der Waals surface area contributed by atoms with Gasteiger partial charge in [0.2, 0.25) is 5.88 Å². The Bertz CT molecular complexity index is 1020. The van der Waals surface area contributed by atoms with Crippen LogP contribution < -0.4 is 10.5 Å². The van der Waals surface area contributed by atoms with Gasteiger partial charge >= 0.3 is 5.76 Å². The molecule has 0 aliphatic carbocycles. The van der Waals surface area contributed by atoms with E-state index in [0.29, 0.717) is 6.07 Å². The summed E-state index contributed by atoms with van der Waals surface area (Å²) in [5.74, 6) is -4.75. The number of oxazole rings is 1. The summed E-state index contributed by atoms with van der Waals surface area (Å²) in [5, 5.41) is 0. The van der Waals surface area contributed by atoms with Gasteiger partial charge in [-0.05, 0) is 6.07 Å². The molecule has 0 amide bonds. The molecular weight excluding hydrogens is 372 g/mol. The number of nitrogens with one attached hydrogen (secondary N) is 1. The fraction of sp³-hybridized carbons (Fsp3) is 0.214. The first-order valence-corrected chi connectivity index (χ1v) is 6.85. The molecular formula is C14H7F6N3O3. The van der Waals surface area contributed by atoms with Crippen LogP contribution in [0.4, 0.5) is 26.3 Å². The Morgan fingerprint density at radius 1 is 1.23 bits per heavy atom. The van der Waals surface area contributed by atoms with Gasteiger partial charge in [0.25, 0.3) is 12.9 Å². The van der Waals surface area contributed by atoms with Gasteiger partial charge in [0.1, 0.15) is 5.52 Å². The third kappa shape index (κ3) is 3.21. The van der Waals surface area contributed by atoms with Crippen molar-refractivity contribution in [3.8, 4) is 17.1 Å². The fourth-order valence-electron chi connectivity index (χ4n) is 2.15. The smallest absolute Gasteiger partial charge is 0.417 e. The average Bonchev–Trinajstić information content (AvgIpc) is 2.98. The van der Waals surface area contributed by atoms with Gasteiger partial charge in [0, 0.05) is 5.56 Å². The van der Waals surface area contributed by atoms with Crippen LogP contribution in [0.1, 0.15) is 12.1 Å². The Labute approximate surface area is 139 Å². The second-order valence-corrected chi connectivity index (χ2v) is 4.89. The second-order valence-electron chi connectivity index (χ2n) is 4.89. The van der Waals surface area contributed by atoms with Crippen molar-refractivity contribution >= 4 is 11.1 Å². The zero-order valence-electron chi connectivity index (χ0n) is 12.4. The van der Waals surface area contributed by atoms with Crippen LogP contribution >= 0.6 is 0 Å². The molecule has 0 unspecified atom stereocenters. The molecule has 0 aliphatic rings. The van der Waals surface area contributed by atoms with Crippen LogP contribution in [0, 0.1) is 11.6 Å². The number of hydrogen-bond acceptors (Lipinski definition) is 5. The van der Waals surface area contributed by atoms with E-state index in [1.165, 1.54) is 0 Å². The van der Waals surface area contributed by atoms with Gasteiger partial charge in [-0.3, -0.25) is 4.98 Å². The summed E-state index contributed by atoms with van der Waals surface area (Å²) in [6.45, 7) is -1.18. The molecule has 2 heterocycles. The van der Waals surface area contributed by atoms with Crippen molar-refractivity contribution in [2.24, 2.45) is 0 Å². The topological polar surface area (TPSA) is 81.0 Å². The van der Waals surface area contributed by atoms with E-state index >= 15 is 0 Å². The van der Waals surface area contributed by atoms with E-state index < -0.39 is 65.2 Å². The molecule has 2 aromatic heterocycles. The molecule has 1 N–H and O–H groups in total. The minimum atomic E-state index is -3.26. The Kier molecular flexibility index (Phi) is 4.57. The van der Waals surface area contributed by atoms with Crippen molar-refractivity contribution in [1.29, 1.82) is 0 Å². The van der Waals surface area contributed by atoms with Crippen LogP contribution in [0.15, 0.2) is 21.5 Å². The lowest BCUT2D eigenvalue weighted by Crippen LogP contribution is -2.11. The first-order chi connectivity index (χ1) is 12.3. The number of rotatable bonds is 5. The third-order valence-corrected chi connectivity index (χ3v) is 3.19. The zero-order valence-corrected chi connectivity index (χ0v) is 12.4. The molecule has 0 saturated heterocycles. The molecule has 0 bridgehead atoms. The highest BCUT2D eigenvalue weighted by atomic mass is 19.3. The summed E-state index contributed by atoms with van der Waals surface area (Å²) in [5.41, 5.74) is -2.92. The Morgan fingerprint density at radius 3 is 2.62 bits per heavy atom. The van der Waals surface area contributed by atoms with E-state index in [9.17, 15) is 31.1 Å². The van der Waals surface area contributed by atoms with Gasteiger partial charge < -0.3 is 9.15 Å². The van der Waals surface area contributed by atoms with E-state index in [1.807, 2.05) is 4.98 Å². The summed E-state index contributed by atoms with van der Waals surface area (Å²) < 4.78 is 87.2. The normalized spacial score (nSPS) is 11.7. The Hall–Kier alpha value is -3.05. The summed E-state index contributed by atoms with van der Waals surface area (Å²) in [6.07, 6.45) is -5.37. The molecule has 6 nitrogen and oxygen atoms in total. The zero-order chi connectivity index (χ0) is 19.0. The lowest BCUT2D eigenvalue weighted by molar-refractivity contribution is 0.0736. The molecule has 3 aromatic rings. The monoisotopic (exact) mass is 379 g/mol. The van der Waals surface area contributed by atoms with Crippen LogP contribution in [-0.4, -0.2) is 28.0 Å². The van der Waals surface area contributed by atoms with E-state index in [0.717, 1.165) is 6.20 Å². The predicted molar refractivity (Wildman–Crippen MR) is 74.2 cm³/mol. The molecule has 26 heavy (non-hydrogen) atoms. The maximum atomic E-state index is 13.7.